The number of pyridine rings is 1. The smallest absolute Gasteiger partial charge is 0.481 e. The largest absolute Gasteiger partial charge is 0.527 e. The number of aliphatic carboxylic acids is 1. The van der Waals surface area contributed by atoms with Crippen molar-refractivity contribution in [1.29, 1.82) is 0 Å². The molecule has 0 spiro atoms. The van der Waals surface area contributed by atoms with E-state index in [1.165, 1.54) is 16.2 Å². The summed E-state index contributed by atoms with van der Waals surface area (Å²) in [5.74, 6) is -2.14. The summed E-state index contributed by atoms with van der Waals surface area (Å²) in [5.41, 5.74) is 2.85. The quantitative estimate of drug-likeness (QED) is 0.360. The molecule has 0 aliphatic carbocycles. The number of nitrogens with one attached hydrogen (secondary N) is 1. The van der Waals surface area contributed by atoms with E-state index in [0.717, 1.165) is 11.1 Å². The van der Waals surface area contributed by atoms with Crippen molar-refractivity contribution in [1.82, 2.24) is 20.3 Å². The number of hydroxylamine groups is 2. The molecular weight excluding hydrogens is 520 g/mol. The maximum atomic E-state index is 13.4. The van der Waals surface area contributed by atoms with E-state index in [-0.39, 0.29) is 51.3 Å². The Balaban J connectivity index is 1.52. The first-order chi connectivity index (χ1) is 19.3. The van der Waals surface area contributed by atoms with E-state index in [9.17, 15) is 24.3 Å². The summed E-state index contributed by atoms with van der Waals surface area (Å²) < 4.78 is 9.98. The van der Waals surface area contributed by atoms with E-state index in [2.05, 4.69) is 10.3 Å². The van der Waals surface area contributed by atoms with Crippen LogP contribution in [0.4, 0.5) is 4.79 Å². The lowest BCUT2D eigenvalue weighted by atomic mass is 10.0. The predicted molar refractivity (Wildman–Crippen MR) is 142 cm³/mol. The molecule has 0 saturated carbocycles. The minimum atomic E-state index is -1.10. The number of carbonyl (C=O) groups excluding carboxylic acids is 3. The summed E-state index contributed by atoms with van der Waals surface area (Å²) in [6, 6.07) is 13.4. The number of carboxylic acids is 1. The summed E-state index contributed by atoms with van der Waals surface area (Å²) in [6.45, 7) is 2.73. The van der Waals surface area contributed by atoms with E-state index in [1.807, 2.05) is 36.4 Å². The van der Waals surface area contributed by atoms with Gasteiger partial charge >= 0.3 is 12.1 Å². The Kier molecular flexibility index (Phi) is 9.47. The highest BCUT2D eigenvalue weighted by Gasteiger charge is 2.31. The molecule has 1 aliphatic rings. The van der Waals surface area contributed by atoms with Crippen LogP contribution >= 0.6 is 0 Å². The van der Waals surface area contributed by atoms with Crippen LogP contribution in [0, 0.1) is 0 Å². The minimum absolute atomic E-state index is 0.0679. The average molecular weight is 551 g/mol. The van der Waals surface area contributed by atoms with Crippen molar-refractivity contribution in [3.05, 3.63) is 66.8 Å². The number of amides is 2. The Morgan fingerprint density at radius 2 is 1.77 bits per heavy atom. The lowest BCUT2D eigenvalue weighted by Crippen LogP contribution is -2.55. The molecule has 40 heavy (non-hydrogen) atoms. The molecular formula is C28H30N4O8. The zero-order chi connectivity index (χ0) is 28.5. The van der Waals surface area contributed by atoms with Gasteiger partial charge in [-0.2, -0.15) is 0 Å². The third-order valence-corrected chi connectivity index (χ3v) is 6.25. The summed E-state index contributed by atoms with van der Waals surface area (Å²) in [7, 11) is 0. The number of benzene rings is 1. The van der Waals surface area contributed by atoms with Crippen molar-refractivity contribution < 1.29 is 38.3 Å². The van der Waals surface area contributed by atoms with Crippen molar-refractivity contribution >= 4 is 23.9 Å². The fourth-order valence-electron chi connectivity index (χ4n) is 4.23. The van der Waals surface area contributed by atoms with Crippen LogP contribution in [0.2, 0.25) is 0 Å². The molecule has 2 amide bonds. The molecule has 1 atom stereocenters. The first-order valence-electron chi connectivity index (χ1n) is 12.8. The Hall–Kier alpha value is -4.71. The molecule has 0 unspecified atom stereocenters. The Labute approximate surface area is 230 Å². The third kappa shape index (κ3) is 7.44. The minimum Gasteiger partial charge on any atom is -0.481 e. The van der Waals surface area contributed by atoms with Gasteiger partial charge in [0.15, 0.2) is 0 Å². The van der Waals surface area contributed by atoms with Gasteiger partial charge in [-0.1, -0.05) is 30.3 Å². The van der Waals surface area contributed by atoms with E-state index < -0.39 is 30.0 Å². The van der Waals surface area contributed by atoms with Gasteiger partial charge in [-0.05, 0) is 37.1 Å². The van der Waals surface area contributed by atoms with Crippen LogP contribution in [0.25, 0.3) is 22.4 Å². The summed E-state index contributed by atoms with van der Waals surface area (Å²) >= 11 is 0. The van der Waals surface area contributed by atoms with Crippen LogP contribution in [-0.2, 0) is 19.2 Å². The molecule has 3 heterocycles. The van der Waals surface area contributed by atoms with Gasteiger partial charge in [0.2, 0.25) is 5.91 Å². The Morgan fingerprint density at radius 1 is 1.02 bits per heavy atom. The van der Waals surface area contributed by atoms with Crippen LogP contribution < -0.4 is 5.32 Å². The molecule has 0 radical (unpaired) electrons. The number of carbonyl (C=O) groups is 4. The number of nitrogens with zero attached hydrogens (tertiary/aromatic N) is 3. The van der Waals surface area contributed by atoms with Crippen LogP contribution in [0.5, 0.6) is 0 Å². The SMILES string of the molecule is CCOC(=O)ON1CCN(C(=O)[C@H](CCC(=O)O)NC(=O)c2cc(-c3ccoc3)cc(-c3ccccc3)n2)CC1. The standard InChI is InChI=1S/C28H30N4O8/c1-2-39-28(37)40-32-13-11-31(12-14-32)27(36)22(8-9-25(33)34)30-26(35)24-17-21(20-10-15-38-18-20)16-23(29-24)19-6-4-3-5-7-19/h3-7,10,15-18,22H,2,8-9,11-14H2,1H3,(H,30,35)(H,33,34)/t22-/m0/s1. The molecule has 12 heteroatoms. The molecule has 3 aromatic rings. The monoisotopic (exact) mass is 550 g/mol. The van der Waals surface area contributed by atoms with Crippen molar-refractivity contribution in [2.45, 2.75) is 25.8 Å². The molecule has 1 aliphatic heterocycles. The highest BCUT2D eigenvalue weighted by atomic mass is 16.8. The molecule has 0 bridgehead atoms. The highest BCUT2D eigenvalue weighted by molar-refractivity contribution is 5.97. The van der Waals surface area contributed by atoms with Crippen molar-refractivity contribution in [3.63, 3.8) is 0 Å². The van der Waals surface area contributed by atoms with Gasteiger partial charge in [0, 0.05) is 30.6 Å². The maximum Gasteiger partial charge on any atom is 0.527 e. The number of carboxylic acid groups (broad SMARTS) is 1. The van der Waals surface area contributed by atoms with Crippen molar-refractivity contribution in [2.75, 3.05) is 32.8 Å². The Morgan fingerprint density at radius 3 is 2.42 bits per heavy atom. The fraction of sp³-hybridized carbons (Fsp3) is 0.321. The second kappa shape index (κ2) is 13.4. The number of ether oxygens (including phenoxy) is 1. The second-order valence-corrected chi connectivity index (χ2v) is 8.99. The molecule has 2 N–H and O–H groups in total. The lowest BCUT2D eigenvalue weighted by molar-refractivity contribution is -0.157. The molecule has 1 saturated heterocycles. The van der Waals surface area contributed by atoms with Gasteiger partial charge in [0.05, 0.1) is 37.9 Å². The van der Waals surface area contributed by atoms with Gasteiger partial charge in [-0.15, -0.1) is 5.06 Å². The number of aromatic nitrogens is 1. The molecule has 12 nitrogen and oxygen atoms in total. The first kappa shape index (κ1) is 28.3. The normalized spacial score (nSPS) is 14.3. The van der Waals surface area contributed by atoms with E-state index in [1.54, 1.807) is 25.3 Å². The second-order valence-electron chi connectivity index (χ2n) is 8.99. The Bertz CT molecular complexity index is 1320. The topological polar surface area (TPSA) is 152 Å². The number of hydrogen-bond donors (Lipinski definition) is 2. The van der Waals surface area contributed by atoms with Gasteiger partial charge in [0.25, 0.3) is 5.91 Å². The zero-order valence-corrected chi connectivity index (χ0v) is 21.9. The average Bonchev–Trinajstić information content (AvgIpc) is 3.51. The fourth-order valence-corrected chi connectivity index (χ4v) is 4.23. The number of piperazine rings is 1. The van der Waals surface area contributed by atoms with Crippen LogP contribution in [0.3, 0.4) is 0 Å². The predicted octanol–water partition coefficient (Wildman–Crippen LogP) is 3.20. The van der Waals surface area contributed by atoms with Crippen LogP contribution in [-0.4, -0.2) is 82.8 Å². The van der Waals surface area contributed by atoms with Gasteiger partial charge in [0.1, 0.15) is 11.7 Å². The molecule has 2 aromatic heterocycles. The van der Waals surface area contributed by atoms with E-state index >= 15 is 0 Å². The molecule has 4 rings (SSSR count). The van der Waals surface area contributed by atoms with Gasteiger partial charge in [-0.25, -0.2) is 9.78 Å². The molecule has 1 aromatic carbocycles. The van der Waals surface area contributed by atoms with E-state index in [4.69, 9.17) is 14.0 Å². The highest BCUT2D eigenvalue weighted by Crippen LogP contribution is 2.26. The number of furan rings is 1. The van der Waals surface area contributed by atoms with Crippen LogP contribution in [0.1, 0.15) is 30.3 Å². The van der Waals surface area contributed by atoms with Crippen molar-refractivity contribution in [3.8, 4) is 22.4 Å². The lowest BCUT2D eigenvalue weighted by Gasteiger charge is -2.35. The number of hydrogen-bond acceptors (Lipinski definition) is 9. The van der Waals surface area contributed by atoms with Gasteiger partial charge in [-0.3, -0.25) is 14.4 Å². The third-order valence-electron chi connectivity index (χ3n) is 6.25. The first-order valence-corrected chi connectivity index (χ1v) is 12.8. The number of rotatable bonds is 10. The summed E-state index contributed by atoms with van der Waals surface area (Å²) in [4.78, 5) is 60.8. The van der Waals surface area contributed by atoms with Crippen LogP contribution in [0.15, 0.2) is 65.5 Å². The summed E-state index contributed by atoms with van der Waals surface area (Å²) in [6.07, 6.45) is 1.83. The molecule has 1 fully saturated rings. The zero-order valence-electron chi connectivity index (χ0n) is 21.9. The van der Waals surface area contributed by atoms with Gasteiger partial charge < -0.3 is 29.3 Å². The summed E-state index contributed by atoms with van der Waals surface area (Å²) in [5, 5.41) is 13.3. The van der Waals surface area contributed by atoms with E-state index in [0.29, 0.717) is 11.3 Å². The molecule has 210 valence electrons. The van der Waals surface area contributed by atoms with Crippen molar-refractivity contribution in [2.24, 2.45) is 0 Å². The maximum absolute atomic E-state index is 13.4.